The molecule has 0 fully saturated rings. The Kier molecular flexibility index (Phi) is 7.00. The highest BCUT2D eigenvalue weighted by atomic mass is 79.9. The summed E-state index contributed by atoms with van der Waals surface area (Å²) < 4.78 is 115. The zero-order chi connectivity index (χ0) is 34.3. The number of halogens is 4. The third kappa shape index (κ3) is 5.96. The fourth-order valence-electron chi connectivity index (χ4n) is 4.22. The molecule has 0 unspecified atom stereocenters. The summed E-state index contributed by atoms with van der Waals surface area (Å²) in [6.07, 6.45) is -0.703. The zero-order valence-corrected chi connectivity index (χ0v) is 23.8. The molecule has 0 saturated heterocycles. The largest absolute Gasteiger partial charge is 0.477 e. The Bertz CT molecular complexity index is 1970. The molecule has 1 N–H and O–H groups in total. The van der Waals surface area contributed by atoms with Crippen LogP contribution in [-0.2, 0) is 27.7 Å². The zero-order valence-electron chi connectivity index (χ0n) is 26.4. The molecule has 9 nitrogen and oxygen atoms in total. The average Bonchev–Trinajstić information content (AvgIpc) is 3.13. The average molecular weight is 671 g/mol. The van der Waals surface area contributed by atoms with E-state index in [0.717, 1.165) is 12.1 Å². The first-order valence-electron chi connectivity index (χ1n) is 14.7. The number of fused-ring (bicyclic) bond motifs is 2. The lowest BCUT2D eigenvalue weighted by atomic mass is 10.1. The van der Waals surface area contributed by atoms with Crippen molar-refractivity contribution >= 4 is 42.6 Å². The van der Waals surface area contributed by atoms with E-state index in [0.29, 0.717) is 16.6 Å². The van der Waals surface area contributed by atoms with E-state index in [1.54, 1.807) is 6.07 Å². The lowest BCUT2D eigenvalue weighted by Crippen LogP contribution is -2.24. The molecule has 3 aromatic heterocycles. The van der Waals surface area contributed by atoms with E-state index in [9.17, 15) is 26.4 Å². The van der Waals surface area contributed by atoms with Crippen molar-refractivity contribution in [2.75, 3.05) is 19.8 Å². The Labute approximate surface area is 254 Å². The van der Waals surface area contributed by atoms with Crippen LogP contribution < -0.4 is 10.1 Å². The first kappa shape index (κ1) is 23.9. The summed E-state index contributed by atoms with van der Waals surface area (Å²) in [7, 11) is -4.40. The van der Waals surface area contributed by atoms with Gasteiger partial charge in [-0.05, 0) is 49.3 Å². The molecule has 0 bridgehead atoms. The molecule has 14 heteroatoms. The number of carbonyl (C=O) groups is 1. The number of carbonyl (C=O) groups excluding carboxylic acids is 1. The Morgan fingerprint density at radius 3 is 2.90 bits per heavy atom. The van der Waals surface area contributed by atoms with Crippen LogP contribution in [0, 0.1) is 0 Å². The van der Waals surface area contributed by atoms with Crippen LogP contribution in [0.5, 0.6) is 5.88 Å². The van der Waals surface area contributed by atoms with Gasteiger partial charge in [-0.25, -0.2) is 31.6 Å². The number of hydrogen-bond donors (Lipinski definition) is 1. The first-order chi connectivity index (χ1) is 22.0. The second-order valence-corrected chi connectivity index (χ2v) is 12.0. The number of alkyl halides is 3. The molecular weight excluding hydrogens is 641 g/mol. The quantitative estimate of drug-likeness (QED) is 0.266. The number of hydrogen-bond acceptors (Lipinski definition) is 8. The lowest BCUT2D eigenvalue weighted by Gasteiger charge is -2.13. The topological polar surface area (TPSA) is 120 Å². The van der Waals surface area contributed by atoms with Crippen LogP contribution in [0.4, 0.5) is 13.2 Å². The number of ether oxygens (including phenoxy) is 2. The molecule has 5 rings (SSSR count). The van der Waals surface area contributed by atoms with Gasteiger partial charge in [0.1, 0.15) is 6.67 Å². The van der Waals surface area contributed by atoms with Crippen molar-refractivity contribution in [1.82, 2.24) is 20.3 Å². The molecule has 0 aliphatic carbocycles. The van der Waals surface area contributed by atoms with E-state index >= 15 is 0 Å². The number of aromatic nitrogens is 3. The number of nitrogens with zero attached hydrogens (tertiary/aromatic N) is 3. The maximum atomic E-state index is 14.3. The second kappa shape index (κ2) is 12.3. The van der Waals surface area contributed by atoms with Gasteiger partial charge in [-0.1, -0.05) is 15.9 Å². The van der Waals surface area contributed by atoms with Crippen molar-refractivity contribution in [2.45, 2.75) is 36.6 Å². The summed E-state index contributed by atoms with van der Waals surface area (Å²) in [5.74, 6) is -1.29. The fraction of sp³-hybridized carbons (Fsp3) is 0.286. The number of sulfone groups is 1. The van der Waals surface area contributed by atoms with E-state index in [-0.39, 0.29) is 44.9 Å². The van der Waals surface area contributed by atoms with E-state index in [4.69, 9.17) is 16.3 Å². The first-order valence-corrected chi connectivity index (χ1v) is 14.6. The van der Waals surface area contributed by atoms with Crippen molar-refractivity contribution in [3.63, 3.8) is 0 Å². The fourth-order valence-corrected chi connectivity index (χ4v) is 6.28. The van der Waals surface area contributed by atoms with Gasteiger partial charge in [0.05, 0.1) is 62.1 Å². The lowest BCUT2D eigenvalue weighted by molar-refractivity contribution is 0.0946. The van der Waals surface area contributed by atoms with Crippen molar-refractivity contribution in [1.29, 1.82) is 0 Å². The normalized spacial score (nSPS) is 19.2. The number of pyridine rings is 3. The van der Waals surface area contributed by atoms with Crippen LogP contribution in [0.3, 0.4) is 0 Å². The Morgan fingerprint density at radius 2 is 2.12 bits per heavy atom. The van der Waals surface area contributed by atoms with Gasteiger partial charge in [-0.2, -0.15) is 0 Å². The van der Waals surface area contributed by atoms with Gasteiger partial charge in [0.25, 0.3) is 5.91 Å². The maximum absolute atomic E-state index is 14.3. The predicted octanol–water partition coefficient (Wildman–Crippen LogP) is 5.36. The van der Waals surface area contributed by atoms with Crippen LogP contribution in [-0.4, -0.2) is 54.6 Å². The van der Waals surface area contributed by atoms with Crippen LogP contribution in [0.25, 0.3) is 22.2 Å². The summed E-state index contributed by atoms with van der Waals surface area (Å²) in [6, 6.07) is 9.47. The summed E-state index contributed by atoms with van der Waals surface area (Å²) in [5, 5.41) is 3.16. The number of nitrogens with one attached hydrogen (secondary N) is 1. The maximum Gasteiger partial charge on any atom is 0.251 e. The van der Waals surface area contributed by atoms with Gasteiger partial charge in [0.15, 0.2) is 6.17 Å². The summed E-state index contributed by atoms with van der Waals surface area (Å²) in [5.41, 5.74) is -1.83. The van der Waals surface area contributed by atoms with Gasteiger partial charge < -0.3 is 14.8 Å². The summed E-state index contributed by atoms with van der Waals surface area (Å²) in [6.45, 7) is -8.85. The summed E-state index contributed by atoms with van der Waals surface area (Å²) >= 11 is 3.24. The van der Waals surface area contributed by atoms with E-state index in [1.807, 2.05) is 0 Å². The van der Waals surface area contributed by atoms with E-state index < -0.39 is 65.7 Å². The van der Waals surface area contributed by atoms with Gasteiger partial charge in [-0.3, -0.25) is 9.78 Å². The molecule has 220 valence electrons. The van der Waals surface area contributed by atoms with Gasteiger partial charge in [0.2, 0.25) is 21.2 Å². The minimum Gasteiger partial charge on any atom is -0.477 e. The SMILES string of the molecule is [2H]C([2H])([2H])C([2H])([2H])Oc1nc([C@H](F)CF)ccc1-c1ccc2cnc(CNC(=O)c3cc(Br)c4c(c3)S(=O)(=O)[C@@H](F)COC4)cc2n1. The molecule has 42 heavy (non-hydrogen) atoms. The molecule has 1 aromatic carbocycles. The van der Waals surface area contributed by atoms with Crippen LogP contribution >= 0.6 is 15.9 Å². The van der Waals surface area contributed by atoms with Crippen molar-refractivity contribution < 1.29 is 42.7 Å². The standard InChI is InChI=1S/C28H24BrF3N4O5S/c1-2-41-28-18(4-6-23(36-28)21(31)10-30)22-5-3-15-11-33-17(9-24(15)35-22)12-34-27(37)16-7-20(29)19-13-40-14-26(32)42(38,39)25(19)8-16/h3-9,11,21,26H,2,10,12-14H2,1H3,(H,34,37)/t21-,26-/m1/s1/i1D3,2D2. The monoisotopic (exact) mass is 669 g/mol. The molecule has 1 aliphatic rings. The Hall–Kier alpha value is -3.62. The smallest absolute Gasteiger partial charge is 0.251 e. The summed E-state index contributed by atoms with van der Waals surface area (Å²) in [4.78, 5) is 25.3. The molecule has 2 atom stereocenters. The number of amides is 1. The third-order valence-corrected chi connectivity index (χ3v) is 8.87. The van der Waals surface area contributed by atoms with Crippen molar-refractivity contribution in [2.24, 2.45) is 0 Å². The van der Waals surface area contributed by atoms with Gasteiger partial charge in [-0.15, -0.1) is 0 Å². The molecule has 0 radical (unpaired) electrons. The highest BCUT2D eigenvalue weighted by molar-refractivity contribution is 9.10. The van der Waals surface area contributed by atoms with Crippen LogP contribution in [0.2, 0.25) is 0 Å². The number of benzene rings is 1. The highest BCUT2D eigenvalue weighted by Crippen LogP contribution is 2.33. The molecule has 4 heterocycles. The van der Waals surface area contributed by atoms with E-state index in [2.05, 4.69) is 36.2 Å². The molecule has 0 spiro atoms. The minimum absolute atomic E-state index is 0.00819. The van der Waals surface area contributed by atoms with Crippen LogP contribution in [0.1, 0.15) is 47.2 Å². The number of rotatable bonds is 8. The molecule has 4 aromatic rings. The van der Waals surface area contributed by atoms with Gasteiger partial charge >= 0.3 is 0 Å². The van der Waals surface area contributed by atoms with Gasteiger partial charge in [0, 0.05) is 31.3 Å². The molecule has 0 saturated carbocycles. The molecular formula is C28H24BrF3N4O5S. The van der Waals surface area contributed by atoms with Crippen LogP contribution in [0.15, 0.2) is 58.0 Å². The third-order valence-electron chi connectivity index (χ3n) is 6.38. The van der Waals surface area contributed by atoms with E-state index in [1.165, 1.54) is 30.5 Å². The Balaban J connectivity index is 1.43. The molecule has 1 amide bonds. The van der Waals surface area contributed by atoms with Crippen molar-refractivity contribution in [3.8, 4) is 17.1 Å². The highest BCUT2D eigenvalue weighted by Gasteiger charge is 2.34. The Morgan fingerprint density at radius 1 is 1.29 bits per heavy atom. The van der Waals surface area contributed by atoms with Crippen molar-refractivity contribution in [3.05, 3.63) is 75.6 Å². The second-order valence-electron chi connectivity index (χ2n) is 9.07. The molecule has 1 aliphatic heterocycles. The predicted molar refractivity (Wildman–Crippen MR) is 151 cm³/mol. The minimum atomic E-state index is -4.40.